The molecule has 2 aliphatic rings. The number of hydrogen-bond donors (Lipinski definition) is 1. The molecule has 160 valence electrons. The Hall–Kier alpha value is -2.58. The van der Waals surface area contributed by atoms with E-state index in [4.69, 9.17) is 21.3 Å². The molecule has 4 rings (SSSR count). The summed E-state index contributed by atoms with van der Waals surface area (Å²) in [7, 11) is 0. The predicted octanol–water partition coefficient (Wildman–Crippen LogP) is 2.94. The molecule has 8 nitrogen and oxygen atoms in total. The normalized spacial score (nSPS) is 17.2. The number of ether oxygens (including phenoxy) is 1. The molecule has 2 saturated heterocycles. The van der Waals surface area contributed by atoms with E-state index in [-0.39, 0.29) is 6.03 Å². The van der Waals surface area contributed by atoms with Gasteiger partial charge in [0.15, 0.2) is 0 Å². The number of benzene rings is 1. The van der Waals surface area contributed by atoms with Crippen LogP contribution in [0.25, 0.3) is 0 Å². The zero-order valence-corrected chi connectivity index (χ0v) is 18.2. The number of piperazine rings is 1. The second-order valence-electron chi connectivity index (χ2n) is 7.65. The van der Waals surface area contributed by atoms with Crippen LogP contribution in [-0.4, -0.2) is 73.4 Å². The molecular weight excluding hydrogens is 404 g/mol. The van der Waals surface area contributed by atoms with Crippen molar-refractivity contribution in [1.82, 2.24) is 14.9 Å². The second-order valence-corrected chi connectivity index (χ2v) is 8.06. The number of rotatable bonds is 3. The van der Waals surface area contributed by atoms with Gasteiger partial charge in [-0.3, -0.25) is 0 Å². The Kier molecular flexibility index (Phi) is 6.24. The monoisotopic (exact) mass is 430 g/mol. The third-order valence-electron chi connectivity index (χ3n) is 5.38. The number of nitrogens with one attached hydrogen (secondary N) is 1. The number of aryl methyl sites for hydroxylation is 2. The fourth-order valence-electron chi connectivity index (χ4n) is 3.66. The summed E-state index contributed by atoms with van der Waals surface area (Å²) in [4.78, 5) is 28.2. The number of nitrogens with zero attached hydrogens (tertiary/aromatic N) is 5. The minimum Gasteiger partial charge on any atom is -0.378 e. The zero-order chi connectivity index (χ0) is 21.1. The standard InChI is InChI=1S/C21H27ClN6O2/c1-15-3-4-18(17(22)13-15)24-21(29)28-7-5-26(6-8-28)19-14-16(2)23-20(25-19)27-9-11-30-12-10-27/h3-4,13-14H,5-12H2,1-2H3,(H,24,29). The van der Waals surface area contributed by atoms with Crippen LogP contribution in [0.3, 0.4) is 0 Å². The minimum atomic E-state index is -0.131. The molecule has 2 amide bonds. The Morgan fingerprint density at radius 3 is 2.43 bits per heavy atom. The van der Waals surface area contributed by atoms with Gasteiger partial charge in [-0.2, -0.15) is 4.98 Å². The van der Waals surface area contributed by atoms with Gasteiger partial charge in [0, 0.05) is 51.0 Å². The Morgan fingerprint density at radius 1 is 1.00 bits per heavy atom. The van der Waals surface area contributed by atoms with Gasteiger partial charge in [-0.1, -0.05) is 17.7 Å². The van der Waals surface area contributed by atoms with Gasteiger partial charge < -0.3 is 24.8 Å². The average Bonchev–Trinajstić information content (AvgIpc) is 2.76. The van der Waals surface area contributed by atoms with E-state index in [0.717, 1.165) is 36.1 Å². The van der Waals surface area contributed by atoms with E-state index in [1.807, 2.05) is 43.0 Å². The first-order valence-electron chi connectivity index (χ1n) is 10.2. The molecule has 0 bridgehead atoms. The van der Waals surface area contributed by atoms with E-state index in [0.29, 0.717) is 50.1 Å². The van der Waals surface area contributed by atoms with E-state index in [1.165, 1.54) is 0 Å². The summed E-state index contributed by atoms with van der Waals surface area (Å²) < 4.78 is 5.43. The third kappa shape index (κ3) is 4.76. The molecule has 9 heteroatoms. The van der Waals surface area contributed by atoms with Gasteiger partial charge in [0.2, 0.25) is 5.95 Å². The van der Waals surface area contributed by atoms with Crippen LogP contribution in [0.1, 0.15) is 11.3 Å². The number of aromatic nitrogens is 2. The van der Waals surface area contributed by atoms with E-state index in [2.05, 4.69) is 20.1 Å². The Bertz CT molecular complexity index is 910. The molecular formula is C21H27ClN6O2. The summed E-state index contributed by atoms with van der Waals surface area (Å²) in [5.41, 5.74) is 2.63. The van der Waals surface area contributed by atoms with Crippen LogP contribution in [-0.2, 0) is 4.74 Å². The molecule has 1 N–H and O–H groups in total. The van der Waals surface area contributed by atoms with Crippen molar-refractivity contribution in [3.05, 3.63) is 40.5 Å². The molecule has 0 radical (unpaired) electrons. The number of anilines is 3. The maximum absolute atomic E-state index is 12.7. The predicted molar refractivity (Wildman–Crippen MR) is 119 cm³/mol. The summed E-state index contributed by atoms with van der Waals surface area (Å²) >= 11 is 6.24. The van der Waals surface area contributed by atoms with E-state index in [9.17, 15) is 4.79 Å². The molecule has 1 aromatic heterocycles. The van der Waals surface area contributed by atoms with E-state index < -0.39 is 0 Å². The molecule has 2 fully saturated rings. The first-order chi connectivity index (χ1) is 14.5. The van der Waals surface area contributed by atoms with E-state index in [1.54, 1.807) is 0 Å². The smallest absolute Gasteiger partial charge is 0.322 e. The number of urea groups is 1. The summed E-state index contributed by atoms with van der Waals surface area (Å²) in [5.74, 6) is 1.66. The van der Waals surface area contributed by atoms with Gasteiger partial charge in [-0.25, -0.2) is 9.78 Å². The molecule has 0 aliphatic carbocycles. The number of halogens is 1. The van der Waals surface area contributed by atoms with Gasteiger partial charge in [0.1, 0.15) is 5.82 Å². The molecule has 0 atom stereocenters. The topological polar surface area (TPSA) is 73.8 Å². The summed E-state index contributed by atoms with van der Waals surface area (Å²) in [6.07, 6.45) is 0. The second kappa shape index (κ2) is 9.06. The minimum absolute atomic E-state index is 0.131. The van der Waals surface area contributed by atoms with Crippen LogP contribution >= 0.6 is 11.6 Å². The lowest BCUT2D eigenvalue weighted by Crippen LogP contribution is -2.50. The number of amides is 2. The lowest BCUT2D eigenvalue weighted by molar-refractivity contribution is 0.122. The molecule has 3 heterocycles. The van der Waals surface area contributed by atoms with Crippen LogP contribution in [0.5, 0.6) is 0 Å². The van der Waals surface area contributed by atoms with Crippen LogP contribution < -0.4 is 15.1 Å². The van der Waals surface area contributed by atoms with Crippen molar-refractivity contribution in [3.63, 3.8) is 0 Å². The highest BCUT2D eigenvalue weighted by molar-refractivity contribution is 6.33. The Morgan fingerprint density at radius 2 is 1.73 bits per heavy atom. The number of carbonyl (C=O) groups excluding carboxylic acids is 1. The lowest BCUT2D eigenvalue weighted by Gasteiger charge is -2.36. The van der Waals surface area contributed by atoms with Crippen molar-refractivity contribution in [2.75, 3.05) is 67.6 Å². The number of hydrogen-bond acceptors (Lipinski definition) is 6. The lowest BCUT2D eigenvalue weighted by atomic mass is 10.2. The largest absolute Gasteiger partial charge is 0.378 e. The molecule has 30 heavy (non-hydrogen) atoms. The molecule has 1 aromatic carbocycles. The van der Waals surface area contributed by atoms with Crippen LogP contribution in [0.4, 0.5) is 22.2 Å². The van der Waals surface area contributed by atoms with Gasteiger partial charge in [-0.05, 0) is 31.5 Å². The molecule has 0 spiro atoms. The first kappa shape index (κ1) is 20.7. The maximum atomic E-state index is 12.7. The van der Waals surface area contributed by atoms with Crippen molar-refractivity contribution in [2.45, 2.75) is 13.8 Å². The SMILES string of the molecule is Cc1ccc(NC(=O)N2CCN(c3cc(C)nc(N4CCOCC4)n3)CC2)c(Cl)c1. The Labute approximate surface area is 181 Å². The summed E-state index contributed by atoms with van der Waals surface area (Å²) in [5, 5.41) is 3.47. The third-order valence-corrected chi connectivity index (χ3v) is 5.69. The maximum Gasteiger partial charge on any atom is 0.322 e. The van der Waals surface area contributed by atoms with Crippen molar-refractivity contribution < 1.29 is 9.53 Å². The fourth-order valence-corrected chi connectivity index (χ4v) is 3.94. The van der Waals surface area contributed by atoms with Crippen LogP contribution in [0, 0.1) is 13.8 Å². The number of morpholine rings is 1. The highest BCUT2D eigenvalue weighted by Gasteiger charge is 2.24. The van der Waals surface area contributed by atoms with Gasteiger partial charge in [0.25, 0.3) is 0 Å². The number of carbonyl (C=O) groups is 1. The molecule has 2 aliphatic heterocycles. The zero-order valence-electron chi connectivity index (χ0n) is 17.4. The fraction of sp³-hybridized carbons (Fsp3) is 0.476. The van der Waals surface area contributed by atoms with Gasteiger partial charge in [0.05, 0.1) is 23.9 Å². The van der Waals surface area contributed by atoms with Gasteiger partial charge in [-0.15, -0.1) is 0 Å². The van der Waals surface area contributed by atoms with E-state index >= 15 is 0 Å². The van der Waals surface area contributed by atoms with Crippen molar-refractivity contribution in [3.8, 4) is 0 Å². The highest BCUT2D eigenvalue weighted by atomic mass is 35.5. The van der Waals surface area contributed by atoms with Crippen molar-refractivity contribution in [1.29, 1.82) is 0 Å². The summed E-state index contributed by atoms with van der Waals surface area (Å²) in [6, 6.07) is 7.49. The average molecular weight is 431 g/mol. The van der Waals surface area contributed by atoms with Crippen LogP contribution in [0.15, 0.2) is 24.3 Å². The molecule has 0 unspecified atom stereocenters. The highest BCUT2D eigenvalue weighted by Crippen LogP contribution is 2.24. The first-order valence-corrected chi connectivity index (χ1v) is 10.6. The quantitative estimate of drug-likeness (QED) is 0.807. The van der Waals surface area contributed by atoms with Crippen molar-refractivity contribution >= 4 is 35.1 Å². The molecule has 2 aromatic rings. The summed E-state index contributed by atoms with van der Waals surface area (Å²) in [6.45, 7) is 9.63. The Balaban J connectivity index is 1.38. The molecule has 0 saturated carbocycles. The van der Waals surface area contributed by atoms with Crippen LogP contribution in [0.2, 0.25) is 5.02 Å². The van der Waals surface area contributed by atoms with Crippen molar-refractivity contribution in [2.24, 2.45) is 0 Å². The van der Waals surface area contributed by atoms with Gasteiger partial charge >= 0.3 is 6.03 Å².